The molecule has 0 radical (unpaired) electrons. The van der Waals surface area contributed by atoms with Gasteiger partial charge in [-0.2, -0.15) is 0 Å². The van der Waals surface area contributed by atoms with E-state index in [0.717, 1.165) is 16.7 Å². The van der Waals surface area contributed by atoms with Crippen LogP contribution < -0.4 is 5.32 Å². The third-order valence-corrected chi connectivity index (χ3v) is 8.42. The van der Waals surface area contributed by atoms with Gasteiger partial charge in [-0.3, -0.25) is 9.69 Å². The number of likely N-dealkylation sites (tertiary alicyclic amines) is 1. The van der Waals surface area contributed by atoms with Crippen LogP contribution in [0, 0.1) is 0 Å². The number of carbonyl (C=O) groups is 3. The second-order valence-electron chi connectivity index (χ2n) is 11.5. The predicted molar refractivity (Wildman–Crippen MR) is 163 cm³/mol. The summed E-state index contributed by atoms with van der Waals surface area (Å²) in [4.78, 5) is 41.5. The summed E-state index contributed by atoms with van der Waals surface area (Å²) in [5, 5.41) is 2.88. The first kappa shape index (κ1) is 30.8. The molecule has 3 aliphatic rings. The fourth-order valence-corrected chi connectivity index (χ4v) is 6.05. The molecule has 6 atom stereocenters. The molecular formula is C35H38N2O8. The lowest BCUT2D eigenvalue weighted by atomic mass is 10.0. The van der Waals surface area contributed by atoms with E-state index in [9.17, 15) is 14.4 Å². The lowest BCUT2D eigenvalue weighted by Crippen LogP contribution is -2.52. The van der Waals surface area contributed by atoms with E-state index >= 15 is 0 Å². The molecule has 3 fully saturated rings. The number of hydrogen-bond acceptors (Lipinski definition) is 8. The number of carbonyl (C=O) groups excluding carboxylic acids is 3. The van der Waals surface area contributed by atoms with Gasteiger partial charge in [0.1, 0.15) is 37.0 Å². The van der Waals surface area contributed by atoms with Gasteiger partial charge in [0.15, 0.2) is 6.10 Å². The van der Waals surface area contributed by atoms with Crippen molar-refractivity contribution in [1.82, 2.24) is 10.2 Å². The highest BCUT2D eigenvalue weighted by Crippen LogP contribution is 2.31. The number of hydrogen-bond donors (Lipinski definition) is 1. The van der Waals surface area contributed by atoms with E-state index in [4.69, 9.17) is 23.7 Å². The molecule has 236 valence electrons. The van der Waals surface area contributed by atoms with E-state index in [2.05, 4.69) is 5.32 Å². The number of ether oxygens (including phenoxy) is 5. The second-order valence-corrected chi connectivity index (χ2v) is 11.5. The number of fused-ring (bicyclic) bond motifs is 1. The maximum absolute atomic E-state index is 13.6. The van der Waals surface area contributed by atoms with Crippen molar-refractivity contribution in [3.63, 3.8) is 0 Å². The zero-order chi connectivity index (χ0) is 31.0. The van der Waals surface area contributed by atoms with Crippen LogP contribution in [0.2, 0.25) is 0 Å². The topological polar surface area (TPSA) is 113 Å². The fourth-order valence-electron chi connectivity index (χ4n) is 6.05. The first-order valence-electron chi connectivity index (χ1n) is 15.5. The second kappa shape index (κ2) is 14.7. The molecule has 6 rings (SSSR count). The van der Waals surface area contributed by atoms with E-state index in [1.165, 1.54) is 4.90 Å². The van der Waals surface area contributed by atoms with Crippen molar-refractivity contribution in [3.05, 3.63) is 108 Å². The minimum Gasteiger partial charge on any atom is -0.455 e. The fraction of sp³-hybridized carbons (Fsp3) is 0.400. The Bertz CT molecular complexity index is 1420. The Hall–Kier alpha value is -4.25. The minimum absolute atomic E-state index is 0.110. The van der Waals surface area contributed by atoms with Crippen molar-refractivity contribution in [1.29, 1.82) is 0 Å². The highest BCUT2D eigenvalue weighted by molar-refractivity contribution is 5.90. The van der Waals surface area contributed by atoms with Crippen LogP contribution in [-0.2, 0) is 52.9 Å². The van der Waals surface area contributed by atoms with Crippen molar-refractivity contribution in [2.24, 2.45) is 0 Å². The molecule has 3 aromatic carbocycles. The molecule has 2 amide bonds. The quantitative estimate of drug-likeness (QED) is 0.325. The van der Waals surface area contributed by atoms with Crippen LogP contribution in [0.1, 0.15) is 29.5 Å². The summed E-state index contributed by atoms with van der Waals surface area (Å²) in [6.07, 6.45) is -0.961. The standard InChI is InChI=1S/C35H38N2O8/c38-33(28-17-10-18-37(28)35(40)44-21-26-15-8-3-9-16-26)36-27(19-24-11-4-1-5-12-24)34(39)45-30-23-43-31-29(22-42-32(30)31)41-20-25-13-6-2-7-14-25/h1-9,11-16,27-32H,10,17-23H2,(H,36,38)/t27-,28-,29+,30+,31+,32+/m0/s1. The Morgan fingerprint density at radius 3 is 2.02 bits per heavy atom. The summed E-state index contributed by atoms with van der Waals surface area (Å²) in [5.41, 5.74) is 2.76. The Labute approximate surface area is 262 Å². The normalized spacial score (nSPS) is 24.5. The summed E-state index contributed by atoms with van der Waals surface area (Å²) in [6, 6.07) is 26.9. The van der Waals surface area contributed by atoms with Gasteiger partial charge in [0, 0.05) is 13.0 Å². The first-order chi connectivity index (χ1) is 22.0. The minimum atomic E-state index is -0.978. The van der Waals surface area contributed by atoms with E-state index in [1.54, 1.807) is 0 Å². The van der Waals surface area contributed by atoms with E-state index < -0.39 is 42.3 Å². The van der Waals surface area contributed by atoms with Crippen LogP contribution in [0.4, 0.5) is 4.79 Å². The zero-order valence-electron chi connectivity index (χ0n) is 25.0. The molecular weight excluding hydrogens is 576 g/mol. The number of rotatable bonds is 11. The maximum atomic E-state index is 13.6. The third-order valence-electron chi connectivity index (χ3n) is 8.42. The molecule has 0 saturated carbocycles. The summed E-state index contributed by atoms with van der Waals surface area (Å²) in [7, 11) is 0. The van der Waals surface area contributed by atoms with Gasteiger partial charge >= 0.3 is 12.1 Å². The van der Waals surface area contributed by atoms with Crippen molar-refractivity contribution >= 4 is 18.0 Å². The molecule has 0 aromatic heterocycles. The monoisotopic (exact) mass is 614 g/mol. The summed E-state index contributed by atoms with van der Waals surface area (Å²) < 4.78 is 29.5. The lowest BCUT2D eigenvalue weighted by molar-refractivity contribution is -0.157. The van der Waals surface area contributed by atoms with Gasteiger partial charge in [-0.1, -0.05) is 91.0 Å². The molecule has 0 bridgehead atoms. The number of amides is 2. The largest absolute Gasteiger partial charge is 0.455 e. The SMILES string of the molecule is O=C(O[C@@H]1CO[C@H]2[C@@H]1OC[C@H]2OCc1ccccc1)[C@H](Cc1ccccc1)NC(=O)[C@@H]1CCCN1C(=O)OCc1ccccc1. The van der Waals surface area contributed by atoms with Gasteiger partial charge in [-0.25, -0.2) is 9.59 Å². The average Bonchev–Trinajstić information content (AvgIpc) is 3.82. The highest BCUT2D eigenvalue weighted by Gasteiger charge is 2.50. The van der Waals surface area contributed by atoms with Crippen LogP contribution in [0.3, 0.4) is 0 Å². The van der Waals surface area contributed by atoms with Gasteiger partial charge < -0.3 is 29.0 Å². The number of nitrogens with one attached hydrogen (secondary N) is 1. The first-order valence-corrected chi connectivity index (χ1v) is 15.5. The molecule has 3 aromatic rings. The van der Waals surface area contributed by atoms with Crippen molar-refractivity contribution in [2.45, 2.75) is 69.0 Å². The van der Waals surface area contributed by atoms with Gasteiger partial charge in [0.25, 0.3) is 0 Å². The molecule has 10 nitrogen and oxygen atoms in total. The van der Waals surface area contributed by atoms with Crippen molar-refractivity contribution in [2.75, 3.05) is 19.8 Å². The molecule has 45 heavy (non-hydrogen) atoms. The van der Waals surface area contributed by atoms with Crippen LogP contribution in [0.15, 0.2) is 91.0 Å². The molecule has 3 heterocycles. The molecule has 3 saturated heterocycles. The average molecular weight is 615 g/mol. The Balaban J connectivity index is 1.07. The van der Waals surface area contributed by atoms with Gasteiger partial charge in [0.2, 0.25) is 5.91 Å². The Morgan fingerprint density at radius 2 is 1.36 bits per heavy atom. The lowest BCUT2D eigenvalue weighted by Gasteiger charge is -2.26. The number of esters is 1. The van der Waals surface area contributed by atoms with E-state index in [0.29, 0.717) is 32.6 Å². The molecule has 0 aliphatic carbocycles. The van der Waals surface area contributed by atoms with Gasteiger partial charge in [0.05, 0.1) is 19.8 Å². The molecule has 10 heteroatoms. The summed E-state index contributed by atoms with van der Waals surface area (Å²) in [6.45, 7) is 1.43. The Kier molecular flexibility index (Phi) is 10.0. The van der Waals surface area contributed by atoms with Crippen LogP contribution in [-0.4, -0.2) is 79.1 Å². The number of nitrogens with zero attached hydrogens (tertiary/aromatic N) is 1. The summed E-state index contributed by atoms with van der Waals surface area (Å²) >= 11 is 0. The highest BCUT2D eigenvalue weighted by atomic mass is 16.7. The molecule has 0 spiro atoms. The van der Waals surface area contributed by atoms with Gasteiger partial charge in [-0.05, 0) is 29.5 Å². The van der Waals surface area contributed by atoms with Crippen LogP contribution in [0.5, 0.6) is 0 Å². The maximum Gasteiger partial charge on any atom is 0.410 e. The van der Waals surface area contributed by atoms with Crippen LogP contribution >= 0.6 is 0 Å². The molecule has 3 aliphatic heterocycles. The molecule has 1 N–H and O–H groups in total. The predicted octanol–water partition coefficient (Wildman–Crippen LogP) is 3.81. The Morgan fingerprint density at radius 1 is 0.778 bits per heavy atom. The van der Waals surface area contributed by atoms with E-state index in [1.807, 2.05) is 91.0 Å². The van der Waals surface area contributed by atoms with Crippen molar-refractivity contribution in [3.8, 4) is 0 Å². The molecule has 0 unspecified atom stereocenters. The van der Waals surface area contributed by atoms with E-state index in [-0.39, 0.29) is 31.8 Å². The smallest absolute Gasteiger partial charge is 0.410 e. The summed E-state index contributed by atoms with van der Waals surface area (Å²) in [5.74, 6) is -1.01. The number of benzene rings is 3. The van der Waals surface area contributed by atoms with Crippen LogP contribution in [0.25, 0.3) is 0 Å². The van der Waals surface area contributed by atoms with Crippen molar-refractivity contribution < 1.29 is 38.1 Å². The third kappa shape index (κ3) is 7.70. The zero-order valence-corrected chi connectivity index (χ0v) is 25.0. The van der Waals surface area contributed by atoms with Gasteiger partial charge in [-0.15, -0.1) is 0 Å².